The van der Waals surface area contributed by atoms with Gasteiger partial charge in [-0.05, 0) is 67.6 Å². The second-order valence-electron chi connectivity index (χ2n) is 7.64. The largest absolute Gasteiger partial charge is 0.402 e. The van der Waals surface area contributed by atoms with Crippen LogP contribution in [0.1, 0.15) is 45.1 Å². The van der Waals surface area contributed by atoms with Crippen molar-refractivity contribution < 1.29 is 4.74 Å². The van der Waals surface area contributed by atoms with Gasteiger partial charge in [-0.2, -0.15) is 0 Å². The van der Waals surface area contributed by atoms with Gasteiger partial charge in [-0.25, -0.2) is 0 Å². The van der Waals surface area contributed by atoms with E-state index in [-0.39, 0.29) is 0 Å². The first-order valence-electron chi connectivity index (χ1n) is 10.9. The molecule has 0 bridgehead atoms. The van der Waals surface area contributed by atoms with Gasteiger partial charge in [-0.15, -0.1) is 0 Å². The molecule has 0 aliphatic carbocycles. The Kier molecular flexibility index (Phi) is 14.1. The van der Waals surface area contributed by atoms with Crippen LogP contribution in [0.15, 0.2) is 53.2 Å². The highest BCUT2D eigenvalue weighted by Gasteiger charge is 2.18. The predicted octanol–water partition coefficient (Wildman–Crippen LogP) is 3.51. The lowest BCUT2D eigenvalue weighted by Gasteiger charge is -2.05. The van der Waals surface area contributed by atoms with E-state index in [1.165, 1.54) is 24.8 Å². The molecular weight excluding hydrogens is 466 g/mol. The van der Waals surface area contributed by atoms with Crippen molar-refractivity contribution >= 4 is 34.5 Å². The number of rotatable bonds is 7. The Morgan fingerprint density at radius 2 is 2.03 bits per heavy atom. The van der Waals surface area contributed by atoms with Crippen LogP contribution in [0.4, 0.5) is 0 Å². The van der Waals surface area contributed by atoms with E-state index in [9.17, 15) is 0 Å². The SMILES string of the molecule is C=c1[nH]cc(Br)/c1=C(/C)N.CC1CCC(/C=C/CCCNCc2ccccc2)O1.N=CN. The maximum Gasteiger partial charge on any atom is 0.0765 e. The monoisotopic (exact) mass is 503 g/mol. The van der Waals surface area contributed by atoms with E-state index in [0.717, 1.165) is 46.6 Å². The maximum atomic E-state index is 5.86. The minimum Gasteiger partial charge on any atom is -0.402 e. The summed E-state index contributed by atoms with van der Waals surface area (Å²) in [6, 6.07) is 10.5. The molecule has 2 atom stereocenters. The van der Waals surface area contributed by atoms with Gasteiger partial charge in [0.05, 0.1) is 18.5 Å². The molecule has 1 aromatic heterocycles. The Balaban J connectivity index is 0.000000330. The summed E-state index contributed by atoms with van der Waals surface area (Å²) in [7, 11) is 0. The number of H-pyrrole nitrogens is 1. The molecule has 1 saturated heterocycles. The first-order valence-corrected chi connectivity index (χ1v) is 11.7. The molecule has 0 spiro atoms. The molecule has 0 radical (unpaired) electrons. The summed E-state index contributed by atoms with van der Waals surface area (Å²) < 4.78 is 6.71. The zero-order valence-electron chi connectivity index (χ0n) is 19.2. The van der Waals surface area contributed by atoms with Crippen molar-refractivity contribution in [1.82, 2.24) is 10.3 Å². The number of benzene rings is 1. The zero-order valence-corrected chi connectivity index (χ0v) is 20.8. The fraction of sp³-hybridized carbons (Fsp3) is 0.400. The summed E-state index contributed by atoms with van der Waals surface area (Å²) in [5, 5.41) is 11.2. The van der Waals surface area contributed by atoms with Gasteiger partial charge < -0.3 is 26.5 Å². The fourth-order valence-corrected chi connectivity index (χ4v) is 3.93. The number of halogens is 1. The van der Waals surface area contributed by atoms with E-state index in [1.807, 2.05) is 13.1 Å². The smallest absolute Gasteiger partial charge is 0.0765 e. The van der Waals surface area contributed by atoms with E-state index in [4.69, 9.17) is 15.9 Å². The van der Waals surface area contributed by atoms with Gasteiger partial charge >= 0.3 is 0 Å². The van der Waals surface area contributed by atoms with Gasteiger partial charge in [0, 0.05) is 33.5 Å². The number of hydrogen-bond acceptors (Lipinski definition) is 4. The molecule has 6 nitrogen and oxygen atoms in total. The molecule has 2 unspecified atom stereocenters. The Morgan fingerprint density at radius 1 is 1.34 bits per heavy atom. The average molecular weight is 505 g/mol. The molecule has 32 heavy (non-hydrogen) atoms. The molecule has 1 aliphatic heterocycles. The predicted molar refractivity (Wildman–Crippen MR) is 140 cm³/mol. The third-order valence-electron chi connectivity index (χ3n) is 4.82. The normalized spacial score (nSPS) is 18.3. The van der Waals surface area contributed by atoms with Crippen molar-refractivity contribution in [2.45, 2.75) is 58.3 Å². The molecule has 1 aromatic carbocycles. The van der Waals surface area contributed by atoms with Crippen LogP contribution < -0.4 is 27.4 Å². The molecular formula is C25H38BrN5O. The molecule has 1 fully saturated rings. The number of unbranched alkanes of at least 4 members (excludes halogenated alkanes) is 1. The van der Waals surface area contributed by atoms with Crippen LogP contribution in [-0.4, -0.2) is 30.1 Å². The van der Waals surface area contributed by atoms with Gasteiger partial charge in [0.25, 0.3) is 0 Å². The van der Waals surface area contributed by atoms with Gasteiger partial charge in [-0.1, -0.05) is 49.1 Å². The Hall–Kier alpha value is -2.35. The fourth-order valence-electron chi connectivity index (χ4n) is 3.26. The zero-order chi connectivity index (χ0) is 23.8. The van der Waals surface area contributed by atoms with Crippen molar-refractivity contribution in [2.24, 2.45) is 11.5 Å². The van der Waals surface area contributed by atoms with E-state index >= 15 is 0 Å². The first-order chi connectivity index (χ1) is 15.4. The van der Waals surface area contributed by atoms with Crippen molar-refractivity contribution in [2.75, 3.05) is 6.54 Å². The summed E-state index contributed by atoms with van der Waals surface area (Å²) in [5.74, 6) is 0. The lowest BCUT2D eigenvalue weighted by atomic mass is 10.2. The van der Waals surface area contributed by atoms with Crippen LogP contribution in [0.5, 0.6) is 0 Å². The van der Waals surface area contributed by atoms with E-state index in [2.05, 4.69) is 88.0 Å². The average Bonchev–Trinajstić information content (AvgIpc) is 3.33. The lowest BCUT2D eigenvalue weighted by molar-refractivity contribution is 0.0832. The van der Waals surface area contributed by atoms with Crippen LogP contribution in [0, 0.1) is 5.41 Å². The van der Waals surface area contributed by atoms with Crippen molar-refractivity contribution in [3.05, 3.63) is 69.3 Å². The minimum absolute atomic E-state index is 0.368. The number of nitrogens with two attached hydrogens (primary N) is 2. The highest BCUT2D eigenvalue weighted by Crippen LogP contribution is 2.19. The van der Waals surface area contributed by atoms with Crippen LogP contribution in [0.25, 0.3) is 12.3 Å². The molecule has 1 aliphatic rings. The Morgan fingerprint density at radius 3 is 2.53 bits per heavy atom. The van der Waals surface area contributed by atoms with E-state index < -0.39 is 0 Å². The molecule has 0 amide bonds. The topological polar surface area (TPSA) is 113 Å². The first kappa shape index (κ1) is 27.7. The number of aromatic amines is 1. The summed E-state index contributed by atoms with van der Waals surface area (Å²) in [5.41, 5.74) is 12.1. The molecule has 2 heterocycles. The summed E-state index contributed by atoms with van der Waals surface area (Å²) in [6.45, 7) is 9.82. The summed E-state index contributed by atoms with van der Waals surface area (Å²) in [6.07, 6.45) is 12.6. The Bertz CT molecular complexity index is 906. The maximum absolute atomic E-state index is 5.86. The van der Waals surface area contributed by atoms with Crippen molar-refractivity contribution in [3.8, 4) is 0 Å². The minimum atomic E-state index is 0.368. The van der Waals surface area contributed by atoms with Crippen LogP contribution in [-0.2, 0) is 11.3 Å². The van der Waals surface area contributed by atoms with Crippen LogP contribution >= 0.6 is 15.9 Å². The summed E-state index contributed by atoms with van der Waals surface area (Å²) in [4.78, 5) is 2.96. The third kappa shape index (κ3) is 11.3. The molecule has 7 N–H and O–H groups in total. The highest BCUT2D eigenvalue weighted by molar-refractivity contribution is 9.10. The van der Waals surface area contributed by atoms with E-state index in [0.29, 0.717) is 12.2 Å². The lowest BCUT2D eigenvalue weighted by Crippen LogP contribution is -2.26. The Labute approximate surface area is 200 Å². The molecule has 2 aromatic rings. The van der Waals surface area contributed by atoms with Crippen LogP contribution in [0.3, 0.4) is 0 Å². The second kappa shape index (κ2) is 16.3. The number of allylic oxidation sites excluding steroid dienone is 1. The van der Waals surface area contributed by atoms with Gasteiger partial charge in [0.2, 0.25) is 0 Å². The number of hydrogen-bond donors (Lipinski definition) is 5. The van der Waals surface area contributed by atoms with Gasteiger partial charge in [0.15, 0.2) is 0 Å². The number of ether oxygens (including phenoxy) is 1. The molecule has 3 rings (SSSR count). The quantitative estimate of drug-likeness (QED) is 0.172. The van der Waals surface area contributed by atoms with Crippen LogP contribution in [0.2, 0.25) is 0 Å². The summed E-state index contributed by atoms with van der Waals surface area (Å²) >= 11 is 3.35. The van der Waals surface area contributed by atoms with E-state index in [1.54, 1.807) is 0 Å². The third-order valence-corrected chi connectivity index (χ3v) is 5.45. The van der Waals surface area contributed by atoms with Gasteiger partial charge in [0.1, 0.15) is 0 Å². The number of nitrogens with one attached hydrogen (secondary N) is 3. The standard InChI is InChI=1S/C17H25NO.C7H9BrN2.CH4N2/c1-15-11-12-17(19-15)10-6-3-7-13-18-14-16-8-4-2-5-9-16;1-4(9)7-5(2)10-3-6(7)8;2-1-3/h2,4-6,8-10,15,17-18H,3,7,11-14H2,1H3;3,10H,2,9H2,1H3;1H,(H3,2,3)/b10-6+;7-4-;. The van der Waals surface area contributed by atoms with Crippen molar-refractivity contribution in [3.63, 3.8) is 0 Å². The number of aromatic nitrogens is 1. The second-order valence-corrected chi connectivity index (χ2v) is 8.49. The highest BCUT2D eigenvalue weighted by atomic mass is 79.9. The molecule has 7 heteroatoms. The molecule has 0 saturated carbocycles. The molecule has 176 valence electrons. The van der Waals surface area contributed by atoms with Gasteiger partial charge in [-0.3, -0.25) is 5.41 Å². The van der Waals surface area contributed by atoms with Crippen molar-refractivity contribution in [1.29, 1.82) is 5.41 Å².